The quantitative estimate of drug-likeness (QED) is 0.235. The van der Waals surface area contributed by atoms with Gasteiger partial charge in [-0.05, 0) is 64.0 Å². The third kappa shape index (κ3) is 9.35. The highest BCUT2D eigenvalue weighted by Crippen LogP contribution is 2.46. The summed E-state index contributed by atoms with van der Waals surface area (Å²) in [5.41, 5.74) is -0.684. The second kappa shape index (κ2) is 15.8. The van der Waals surface area contributed by atoms with E-state index < -0.39 is 60.0 Å². The molecular formula is C33H52O12. The van der Waals surface area contributed by atoms with Crippen LogP contribution in [-0.4, -0.2) is 108 Å². The lowest BCUT2D eigenvalue weighted by Crippen LogP contribution is -2.61. The summed E-state index contributed by atoms with van der Waals surface area (Å²) in [4.78, 5) is 25.4. The average molecular weight is 641 g/mol. The minimum absolute atomic E-state index is 0.00288. The number of hydrogen-bond donors (Lipinski definition) is 3. The minimum atomic E-state index is -2.01. The van der Waals surface area contributed by atoms with Gasteiger partial charge in [-0.3, -0.25) is 4.79 Å². The van der Waals surface area contributed by atoms with Crippen molar-refractivity contribution in [2.45, 2.75) is 146 Å². The van der Waals surface area contributed by atoms with Gasteiger partial charge in [0.2, 0.25) is 5.79 Å². The maximum atomic E-state index is 12.9. The van der Waals surface area contributed by atoms with Gasteiger partial charge in [0.15, 0.2) is 6.29 Å². The first-order valence-electron chi connectivity index (χ1n) is 16.3. The van der Waals surface area contributed by atoms with Crippen LogP contribution >= 0.6 is 0 Å². The van der Waals surface area contributed by atoms with Crippen LogP contribution < -0.4 is 0 Å². The molecule has 0 aliphatic carbocycles. The number of aliphatic hydroxyl groups is 3. The van der Waals surface area contributed by atoms with Gasteiger partial charge in [0, 0.05) is 30.9 Å². The number of fused-ring (bicyclic) bond motifs is 6. The number of esters is 2. The highest BCUT2D eigenvalue weighted by atomic mass is 16.7. The Morgan fingerprint density at radius 1 is 1.09 bits per heavy atom. The molecule has 4 heterocycles. The first-order valence-corrected chi connectivity index (χ1v) is 16.3. The van der Waals surface area contributed by atoms with E-state index in [0.29, 0.717) is 31.4 Å². The summed E-state index contributed by atoms with van der Waals surface area (Å²) in [7, 11) is 1.26. The van der Waals surface area contributed by atoms with Crippen LogP contribution in [0.2, 0.25) is 0 Å². The lowest BCUT2D eigenvalue weighted by molar-refractivity contribution is -0.332. The van der Waals surface area contributed by atoms with Crippen LogP contribution in [0, 0.1) is 5.41 Å². The molecule has 0 aromatic carbocycles. The fourth-order valence-electron chi connectivity index (χ4n) is 6.68. The number of ether oxygens (including phenoxy) is 7. The molecule has 0 unspecified atom stereocenters. The second-order valence-corrected chi connectivity index (χ2v) is 13.2. The van der Waals surface area contributed by atoms with Crippen molar-refractivity contribution in [3.8, 4) is 0 Å². The molecular weight excluding hydrogens is 588 g/mol. The number of hydrogen-bond acceptors (Lipinski definition) is 12. The summed E-state index contributed by atoms with van der Waals surface area (Å²) in [6.07, 6.45) is 3.08. The molecule has 12 nitrogen and oxygen atoms in total. The standard InChI is InChI=1S/C33H52O12/c1-6-40-31-21(15-28(36)39-5)14-26-19-27(20(2)34)44-29(37)17-22(35)16-23-8-7-9-24(42-23)18-25-11-13-41-30(43-25)10-12-32(3,4)33(31,38)45-26/h10,12,15,20,22-27,30-31,34-35,38H,6-9,11,13-14,16-19H2,1-5H3/t20-,22-,23+,24-,25+,26+,27-,30+,31+,33-/m1/s1. The van der Waals surface area contributed by atoms with Crippen LogP contribution in [0.15, 0.2) is 23.8 Å². The Bertz CT molecular complexity index is 1060. The molecule has 10 atom stereocenters. The zero-order chi connectivity index (χ0) is 32.8. The molecule has 4 aliphatic rings. The van der Waals surface area contributed by atoms with Crippen LogP contribution in [0.5, 0.6) is 0 Å². The van der Waals surface area contributed by atoms with Crippen molar-refractivity contribution >= 4 is 11.9 Å². The summed E-state index contributed by atoms with van der Waals surface area (Å²) in [5.74, 6) is -3.29. The maximum absolute atomic E-state index is 12.9. The van der Waals surface area contributed by atoms with Crippen LogP contribution in [-0.2, 0) is 42.7 Å². The van der Waals surface area contributed by atoms with Gasteiger partial charge in [0.25, 0.3) is 0 Å². The summed E-state index contributed by atoms with van der Waals surface area (Å²) in [6.45, 7) is 7.55. The van der Waals surface area contributed by atoms with Gasteiger partial charge >= 0.3 is 11.9 Å². The van der Waals surface area contributed by atoms with Crippen LogP contribution in [0.1, 0.15) is 85.5 Å². The number of carbonyl (C=O) groups excluding carboxylic acids is 2. The zero-order valence-corrected chi connectivity index (χ0v) is 27.2. The second-order valence-electron chi connectivity index (χ2n) is 13.2. The Labute approximate surface area is 266 Å². The van der Waals surface area contributed by atoms with Gasteiger partial charge in [-0.2, -0.15) is 0 Å². The van der Waals surface area contributed by atoms with Crippen LogP contribution in [0.3, 0.4) is 0 Å². The van der Waals surface area contributed by atoms with Gasteiger partial charge < -0.3 is 48.5 Å². The van der Waals surface area contributed by atoms with Crippen LogP contribution in [0.4, 0.5) is 0 Å². The number of rotatable bonds is 4. The fraction of sp³-hybridized carbons (Fsp3) is 0.818. The number of aliphatic hydroxyl groups excluding tert-OH is 2. The molecule has 0 aromatic rings. The molecule has 0 spiro atoms. The van der Waals surface area contributed by atoms with E-state index in [4.69, 9.17) is 33.2 Å². The van der Waals surface area contributed by atoms with Gasteiger partial charge in [0.05, 0.1) is 56.8 Å². The molecule has 0 radical (unpaired) electrons. The van der Waals surface area contributed by atoms with E-state index in [1.807, 2.05) is 0 Å². The van der Waals surface area contributed by atoms with Crippen LogP contribution in [0.25, 0.3) is 0 Å². The zero-order valence-electron chi connectivity index (χ0n) is 27.2. The number of carbonyl (C=O) groups is 2. The molecule has 0 saturated carbocycles. The summed E-state index contributed by atoms with van der Waals surface area (Å²) in [6, 6.07) is 0. The molecule has 6 bridgehead atoms. The third-order valence-electron chi connectivity index (χ3n) is 9.20. The third-order valence-corrected chi connectivity index (χ3v) is 9.20. The molecule has 256 valence electrons. The SMILES string of the molecule is CCO[C@H]1C(=CC(=O)OC)C[C@H]2C[C@H]([C@@H](C)O)OC(=O)C[C@H](O)C[C@@H]3CCC[C@H](C[C@@H]4CCO[C@H](C=CC(C)(C)[C@]1(O)O2)O4)O3. The molecule has 4 aliphatic heterocycles. The van der Waals surface area contributed by atoms with Crippen molar-refractivity contribution in [3.63, 3.8) is 0 Å². The molecule has 3 N–H and O–H groups in total. The average Bonchev–Trinajstić information content (AvgIpc) is 2.97. The molecule has 45 heavy (non-hydrogen) atoms. The van der Waals surface area contributed by atoms with Gasteiger partial charge in [-0.15, -0.1) is 0 Å². The normalized spacial score (nSPS) is 39.8. The van der Waals surface area contributed by atoms with E-state index in [9.17, 15) is 24.9 Å². The van der Waals surface area contributed by atoms with Crippen molar-refractivity contribution in [1.82, 2.24) is 0 Å². The van der Waals surface area contributed by atoms with Gasteiger partial charge in [-0.25, -0.2) is 4.79 Å². The molecule has 0 aromatic heterocycles. The maximum Gasteiger partial charge on any atom is 0.330 e. The van der Waals surface area contributed by atoms with Gasteiger partial charge in [0.1, 0.15) is 12.2 Å². The molecule has 12 heteroatoms. The minimum Gasteiger partial charge on any atom is -0.466 e. The van der Waals surface area contributed by atoms with E-state index >= 15 is 0 Å². The summed E-state index contributed by atoms with van der Waals surface area (Å²) < 4.78 is 41.5. The molecule has 3 fully saturated rings. The van der Waals surface area contributed by atoms with E-state index in [1.54, 1.807) is 32.9 Å². The van der Waals surface area contributed by atoms with Crippen molar-refractivity contribution in [2.24, 2.45) is 5.41 Å². The number of methoxy groups -OCH3 is 1. The Morgan fingerprint density at radius 3 is 2.49 bits per heavy atom. The van der Waals surface area contributed by atoms with E-state index in [2.05, 4.69) is 0 Å². The monoisotopic (exact) mass is 640 g/mol. The predicted molar refractivity (Wildman–Crippen MR) is 161 cm³/mol. The number of cyclic esters (lactones) is 1. The van der Waals surface area contributed by atoms with Crippen molar-refractivity contribution in [2.75, 3.05) is 20.3 Å². The smallest absolute Gasteiger partial charge is 0.330 e. The largest absolute Gasteiger partial charge is 0.466 e. The predicted octanol–water partition coefficient (Wildman–Crippen LogP) is 2.85. The highest BCUT2D eigenvalue weighted by Gasteiger charge is 2.56. The Balaban J connectivity index is 1.70. The van der Waals surface area contributed by atoms with Gasteiger partial charge in [-0.1, -0.05) is 19.9 Å². The van der Waals surface area contributed by atoms with Crippen molar-refractivity contribution < 1.29 is 58.1 Å². The molecule has 4 rings (SSSR count). The molecule has 0 amide bonds. The van der Waals surface area contributed by atoms with Crippen molar-refractivity contribution in [3.05, 3.63) is 23.8 Å². The first kappa shape index (κ1) is 35.9. The lowest BCUT2D eigenvalue weighted by Gasteiger charge is -2.51. The fourth-order valence-corrected chi connectivity index (χ4v) is 6.68. The summed E-state index contributed by atoms with van der Waals surface area (Å²) in [5, 5.41) is 33.7. The molecule has 3 saturated heterocycles. The van der Waals surface area contributed by atoms with E-state index in [0.717, 1.165) is 19.3 Å². The Kier molecular flexibility index (Phi) is 12.6. The van der Waals surface area contributed by atoms with E-state index in [1.165, 1.54) is 20.1 Å². The summed E-state index contributed by atoms with van der Waals surface area (Å²) >= 11 is 0. The Morgan fingerprint density at radius 2 is 1.80 bits per heavy atom. The Hall–Kier alpha value is -1.90. The lowest BCUT2D eigenvalue weighted by atomic mass is 9.74. The topological polar surface area (TPSA) is 159 Å². The van der Waals surface area contributed by atoms with Crippen molar-refractivity contribution in [1.29, 1.82) is 0 Å². The highest BCUT2D eigenvalue weighted by molar-refractivity contribution is 5.83. The first-order chi connectivity index (χ1) is 21.3. The van der Waals surface area contributed by atoms with E-state index in [-0.39, 0.29) is 44.2 Å².